The van der Waals surface area contributed by atoms with Gasteiger partial charge >= 0.3 is 0 Å². The summed E-state index contributed by atoms with van der Waals surface area (Å²) in [6, 6.07) is 19.8. The van der Waals surface area contributed by atoms with Crippen LogP contribution in [0, 0.1) is 41.5 Å². The number of benzene rings is 3. The zero-order valence-electron chi connectivity index (χ0n) is 18.3. The van der Waals surface area contributed by atoms with Crippen LogP contribution in [0.2, 0.25) is 0 Å². The lowest BCUT2D eigenvalue weighted by molar-refractivity contribution is 1.09. The fraction of sp³-hybridized carbons (Fsp3) is 0.250. The molecule has 0 amide bonds. The van der Waals surface area contributed by atoms with Crippen molar-refractivity contribution in [2.24, 2.45) is 4.99 Å². The summed E-state index contributed by atoms with van der Waals surface area (Å²) in [5.41, 5.74) is 14.3. The molecule has 1 heterocycles. The van der Waals surface area contributed by atoms with E-state index in [1.165, 1.54) is 55.6 Å². The molecular formula is C28H29N. The summed E-state index contributed by atoms with van der Waals surface area (Å²) in [6.07, 6.45) is 2.11. The molecule has 0 aliphatic carbocycles. The fourth-order valence-corrected chi connectivity index (χ4v) is 5.07. The molecular weight excluding hydrogens is 350 g/mol. The monoisotopic (exact) mass is 379 g/mol. The number of aliphatic imine (C=N–C) groups is 1. The third-order valence-corrected chi connectivity index (χ3v) is 5.99. The Balaban J connectivity index is 1.95. The van der Waals surface area contributed by atoms with Crippen LogP contribution in [0.5, 0.6) is 0 Å². The van der Waals surface area contributed by atoms with E-state index in [1.807, 2.05) is 0 Å². The van der Waals surface area contributed by atoms with Gasteiger partial charge in [-0.25, -0.2) is 0 Å². The predicted octanol–water partition coefficient (Wildman–Crippen LogP) is 7.16. The predicted molar refractivity (Wildman–Crippen MR) is 125 cm³/mol. The SMILES string of the molecule is Cc1cc(C)c(C2=CN=C(c3ccccc3)C2c2c(C)cc(C)cc2C)c(C)c1. The first-order valence-corrected chi connectivity index (χ1v) is 10.4. The van der Waals surface area contributed by atoms with Gasteiger partial charge in [0.1, 0.15) is 0 Å². The molecule has 29 heavy (non-hydrogen) atoms. The molecule has 1 aliphatic heterocycles. The van der Waals surface area contributed by atoms with Gasteiger partial charge in [0.25, 0.3) is 0 Å². The van der Waals surface area contributed by atoms with Crippen molar-refractivity contribution in [1.29, 1.82) is 0 Å². The van der Waals surface area contributed by atoms with E-state index in [-0.39, 0.29) is 5.92 Å². The maximum absolute atomic E-state index is 4.99. The van der Waals surface area contributed by atoms with Crippen LogP contribution in [0.3, 0.4) is 0 Å². The molecule has 0 aromatic heterocycles. The molecule has 1 atom stereocenters. The van der Waals surface area contributed by atoms with E-state index < -0.39 is 0 Å². The first kappa shape index (κ1) is 19.4. The number of allylic oxidation sites excluding steroid dienone is 1. The second-order valence-electron chi connectivity index (χ2n) is 8.48. The molecule has 1 heteroatoms. The van der Waals surface area contributed by atoms with Crippen LogP contribution in [0.15, 0.2) is 65.8 Å². The van der Waals surface area contributed by atoms with Gasteiger partial charge in [0.05, 0.1) is 11.6 Å². The fourth-order valence-electron chi connectivity index (χ4n) is 5.07. The van der Waals surface area contributed by atoms with Crippen molar-refractivity contribution < 1.29 is 0 Å². The van der Waals surface area contributed by atoms with Crippen molar-refractivity contribution in [3.63, 3.8) is 0 Å². The van der Waals surface area contributed by atoms with Crippen molar-refractivity contribution >= 4 is 11.3 Å². The lowest BCUT2D eigenvalue weighted by atomic mass is 9.77. The Labute approximate surface area is 174 Å². The Morgan fingerprint density at radius 3 is 1.72 bits per heavy atom. The van der Waals surface area contributed by atoms with Crippen LogP contribution in [0.25, 0.3) is 5.57 Å². The highest BCUT2D eigenvalue weighted by molar-refractivity contribution is 6.15. The molecule has 0 spiro atoms. The first-order chi connectivity index (χ1) is 13.9. The van der Waals surface area contributed by atoms with Gasteiger partial charge in [-0.2, -0.15) is 0 Å². The Kier molecular flexibility index (Phi) is 5.00. The topological polar surface area (TPSA) is 12.4 Å². The molecule has 0 saturated heterocycles. The van der Waals surface area contributed by atoms with Crippen molar-refractivity contribution in [2.75, 3.05) is 0 Å². The summed E-state index contributed by atoms with van der Waals surface area (Å²) in [5, 5.41) is 0. The number of rotatable bonds is 3. The Bertz CT molecular complexity index is 1100. The molecule has 146 valence electrons. The standard InChI is InChI=1S/C28H29N/c1-17-12-19(3)25(20(4)13-17)24-16-29-28(23-10-8-7-9-11-23)27(24)26-21(5)14-18(2)15-22(26)6/h7-16,27H,1-6H3. The lowest BCUT2D eigenvalue weighted by Crippen LogP contribution is -2.16. The molecule has 0 radical (unpaired) electrons. The highest BCUT2D eigenvalue weighted by Gasteiger charge is 2.32. The van der Waals surface area contributed by atoms with Gasteiger partial charge in [-0.15, -0.1) is 0 Å². The van der Waals surface area contributed by atoms with Crippen molar-refractivity contribution in [2.45, 2.75) is 47.5 Å². The molecule has 4 rings (SSSR count). The van der Waals surface area contributed by atoms with E-state index in [9.17, 15) is 0 Å². The summed E-state index contributed by atoms with van der Waals surface area (Å²) >= 11 is 0. The molecule has 3 aromatic carbocycles. The van der Waals surface area contributed by atoms with Gasteiger partial charge in [-0.1, -0.05) is 65.7 Å². The average Bonchev–Trinajstić information content (AvgIpc) is 3.05. The largest absolute Gasteiger partial charge is 0.259 e. The van der Waals surface area contributed by atoms with Gasteiger partial charge in [0.2, 0.25) is 0 Å². The molecule has 1 unspecified atom stereocenters. The number of hydrogen-bond donors (Lipinski definition) is 0. The molecule has 0 saturated carbocycles. The highest BCUT2D eigenvalue weighted by atomic mass is 14.8. The smallest absolute Gasteiger partial charge is 0.0595 e. The minimum absolute atomic E-state index is 0.151. The van der Waals surface area contributed by atoms with Crippen LogP contribution < -0.4 is 0 Å². The van der Waals surface area contributed by atoms with Crippen molar-refractivity contribution in [3.8, 4) is 0 Å². The van der Waals surface area contributed by atoms with Gasteiger partial charge in [-0.3, -0.25) is 4.99 Å². The number of aryl methyl sites for hydroxylation is 6. The number of nitrogens with zero attached hydrogens (tertiary/aromatic N) is 1. The second kappa shape index (κ2) is 7.48. The number of hydrogen-bond acceptors (Lipinski definition) is 1. The molecule has 0 N–H and O–H groups in total. The van der Waals surface area contributed by atoms with E-state index in [4.69, 9.17) is 4.99 Å². The van der Waals surface area contributed by atoms with Gasteiger partial charge in [0.15, 0.2) is 0 Å². The average molecular weight is 380 g/mol. The zero-order valence-corrected chi connectivity index (χ0v) is 18.3. The Morgan fingerprint density at radius 2 is 1.17 bits per heavy atom. The summed E-state index contributed by atoms with van der Waals surface area (Å²) in [6.45, 7) is 13.3. The minimum Gasteiger partial charge on any atom is -0.259 e. The minimum atomic E-state index is 0.151. The van der Waals surface area contributed by atoms with E-state index in [0.717, 1.165) is 5.71 Å². The van der Waals surface area contributed by atoms with E-state index in [1.54, 1.807) is 0 Å². The Hall–Kier alpha value is -2.93. The third kappa shape index (κ3) is 3.46. The van der Waals surface area contributed by atoms with Crippen molar-refractivity contribution in [1.82, 2.24) is 0 Å². The first-order valence-electron chi connectivity index (χ1n) is 10.4. The maximum atomic E-state index is 4.99. The molecule has 1 nitrogen and oxygen atoms in total. The van der Waals surface area contributed by atoms with Crippen LogP contribution in [-0.4, -0.2) is 5.71 Å². The van der Waals surface area contributed by atoms with Crippen LogP contribution in [-0.2, 0) is 0 Å². The molecule has 0 fully saturated rings. The zero-order chi connectivity index (χ0) is 20.7. The summed E-state index contributed by atoms with van der Waals surface area (Å²) in [5.74, 6) is 0.151. The maximum Gasteiger partial charge on any atom is 0.0595 e. The summed E-state index contributed by atoms with van der Waals surface area (Å²) in [4.78, 5) is 4.99. The van der Waals surface area contributed by atoms with Crippen LogP contribution in [0.1, 0.15) is 56.0 Å². The van der Waals surface area contributed by atoms with E-state index in [2.05, 4.69) is 102 Å². The van der Waals surface area contributed by atoms with Crippen molar-refractivity contribution in [3.05, 3.63) is 111 Å². The molecule has 0 bridgehead atoms. The summed E-state index contributed by atoms with van der Waals surface area (Å²) in [7, 11) is 0. The second-order valence-corrected chi connectivity index (χ2v) is 8.48. The van der Waals surface area contributed by atoms with Gasteiger partial charge < -0.3 is 0 Å². The molecule has 1 aliphatic rings. The van der Waals surface area contributed by atoms with Crippen LogP contribution in [0.4, 0.5) is 0 Å². The lowest BCUT2D eigenvalue weighted by Gasteiger charge is -2.25. The highest BCUT2D eigenvalue weighted by Crippen LogP contribution is 2.44. The molecule has 3 aromatic rings. The normalized spacial score (nSPS) is 16.0. The van der Waals surface area contributed by atoms with Gasteiger partial charge in [-0.05, 0) is 86.1 Å². The quantitative estimate of drug-likeness (QED) is 0.457. The summed E-state index contributed by atoms with van der Waals surface area (Å²) < 4.78 is 0. The van der Waals surface area contributed by atoms with Gasteiger partial charge in [0, 0.05) is 6.20 Å². The third-order valence-electron chi connectivity index (χ3n) is 5.99. The van der Waals surface area contributed by atoms with E-state index in [0.29, 0.717) is 0 Å². The Morgan fingerprint density at radius 1 is 0.655 bits per heavy atom. The van der Waals surface area contributed by atoms with Crippen LogP contribution >= 0.6 is 0 Å². The van der Waals surface area contributed by atoms with E-state index >= 15 is 0 Å².